The van der Waals surface area contributed by atoms with Crippen LogP contribution in [0.1, 0.15) is 27.6 Å². The van der Waals surface area contributed by atoms with E-state index in [9.17, 15) is 9.59 Å². The van der Waals surface area contributed by atoms with Crippen molar-refractivity contribution in [2.24, 2.45) is 0 Å². The molecule has 4 rings (SSSR count). The highest BCUT2D eigenvalue weighted by Crippen LogP contribution is 2.46. The van der Waals surface area contributed by atoms with Gasteiger partial charge in [-0.1, -0.05) is 48.5 Å². The summed E-state index contributed by atoms with van der Waals surface area (Å²) in [6.07, 6.45) is 0.275. The van der Waals surface area contributed by atoms with Crippen LogP contribution < -0.4 is 14.4 Å². The zero-order valence-corrected chi connectivity index (χ0v) is 18.2. The number of carbonyl (C=O) groups is 2. The molecular weight excluding hydrogens is 410 g/mol. The van der Waals surface area contributed by atoms with Crippen molar-refractivity contribution in [2.45, 2.75) is 16.6 Å². The lowest BCUT2D eigenvalue weighted by molar-refractivity contribution is -0.118. The first-order chi connectivity index (χ1) is 15.1. The van der Waals surface area contributed by atoms with Gasteiger partial charge in [0.1, 0.15) is 0 Å². The fourth-order valence-corrected chi connectivity index (χ4v) is 4.92. The maximum Gasteiger partial charge on any atom is 0.228 e. The molecule has 5 nitrogen and oxygen atoms in total. The van der Waals surface area contributed by atoms with Crippen molar-refractivity contribution < 1.29 is 19.1 Å². The van der Waals surface area contributed by atoms with Gasteiger partial charge >= 0.3 is 0 Å². The minimum atomic E-state index is -0.106. The van der Waals surface area contributed by atoms with Gasteiger partial charge < -0.3 is 14.4 Å². The van der Waals surface area contributed by atoms with Gasteiger partial charge in [0.2, 0.25) is 5.91 Å². The summed E-state index contributed by atoms with van der Waals surface area (Å²) >= 11 is 1.62. The maximum atomic E-state index is 13.3. The number of rotatable bonds is 6. The van der Waals surface area contributed by atoms with Crippen LogP contribution in [0.4, 0.5) is 5.69 Å². The van der Waals surface area contributed by atoms with Gasteiger partial charge in [-0.05, 0) is 29.8 Å². The Balaban J connectivity index is 1.66. The summed E-state index contributed by atoms with van der Waals surface area (Å²) in [6, 6.07) is 22.5. The van der Waals surface area contributed by atoms with E-state index in [1.165, 1.54) is 0 Å². The number of Topliss-reactive ketones (excluding diaryl/α,β-unsaturated/α-hetero) is 1. The molecule has 0 aromatic heterocycles. The van der Waals surface area contributed by atoms with Crippen molar-refractivity contribution in [1.82, 2.24) is 0 Å². The standard InChI is InChI=1S/C25H23NO4S/c1-29-21-13-12-18(14-22(21)30-2)24-15-25(28)26(19-10-6-7-11-23(19)31-24)16-20(27)17-8-4-3-5-9-17/h3-14,24H,15-16H2,1-2H3. The third kappa shape index (κ3) is 4.44. The fourth-order valence-electron chi connectivity index (χ4n) is 3.65. The predicted molar refractivity (Wildman–Crippen MR) is 122 cm³/mol. The molecule has 0 fully saturated rings. The van der Waals surface area contributed by atoms with Crippen molar-refractivity contribution in [2.75, 3.05) is 25.7 Å². The molecule has 0 radical (unpaired) electrons. The molecule has 1 heterocycles. The summed E-state index contributed by atoms with van der Waals surface area (Å²) in [5, 5.41) is -0.106. The number of hydrogen-bond donors (Lipinski definition) is 0. The molecule has 3 aromatic rings. The maximum absolute atomic E-state index is 13.3. The molecule has 3 aromatic carbocycles. The number of methoxy groups -OCH3 is 2. The van der Waals surface area contributed by atoms with Crippen molar-refractivity contribution >= 4 is 29.1 Å². The number of amides is 1. The van der Waals surface area contributed by atoms with Gasteiger partial charge in [-0.2, -0.15) is 0 Å². The number of fused-ring (bicyclic) bond motifs is 1. The quantitative estimate of drug-likeness (QED) is 0.503. The number of benzene rings is 3. The Morgan fingerprint density at radius 2 is 1.68 bits per heavy atom. The normalized spacial score (nSPS) is 15.7. The van der Waals surface area contributed by atoms with Gasteiger partial charge in [-0.3, -0.25) is 9.59 Å². The molecule has 1 aliphatic heterocycles. The van der Waals surface area contributed by atoms with Crippen LogP contribution >= 0.6 is 11.8 Å². The fraction of sp³-hybridized carbons (Fsp3) is 0.200. The van der Waals surface area contributed by atoms with E-state index in [0.717, 1.165) is 16.1 Å². The zero-order chi connectivity index (χ0) is 21.8. The molecule has 1 atom stereocenters. The van der Waals surface area contributed by atoms with Gasteiger partial charge in [0, 0.05) is 22.1 Å². The highest BCUT2D eigenvalue weighted by atomic mass is 32.2. The zero-order valence-electron chi connectivity index (χ0n) is 17.4. The second kappa shape index (κ2) is 9.27. The van der Waals surface area contributed by atoms with E-state index >= 15 is 0 Å². The van der Waals surface area contributed by atoms with Crippen LogP contribution in [0.25, 0.3) is 0 Å². The molecule has 0 aliphatic carbocycles. The molecule has 0 spiro atoms. The minimum Gasteiger partial charge on any atom is -0.493 e. The Bertz CT molecular complexity index is 1100. The highest BCUT2D eigenvalue weighted by molar-refractivity contribution is 7.99. The minimum absolute atomic E-state index is 0.0130. The van der Waals surface area contributed by atoms with Gasteiger partial charge in [-0.25, -0.2) is 0 Å². The van der Waals surface area contributed by atoms with E-state index in [-0.39, 0.29) is 29.9 Å². The van der Waals surface area contributed by atoms with E-state index in [1.807, 2.05) is 60.7 Å². The number of hydrogen-bond acceptors (Lipinski definition) is 5. The number of ketones is 1. The summed E-state index contributed by atoms with van der Waals surface area (Å²) in [5.74, 6) is 1.10. The number of thioether (sulfide) groups is 1. The average Bonchev–Trinajstić information content (AvgIpc) is 2.95. The number of nitrogens with zero attached hydrogens (tertiary/aromatic N) is 1. The first kappa shape index (κ1) is 21.0. The summed E-state index contributed by atoms with van der Waals surface area (Å²) in [7, 11) is 3.19. The van der Waals surface area contributed by atoms with E-state index in [2.05, 4.69) is 0 Å². The topological polar surface area (TPSA) is 55.8 Å². The predicted octanol–water partition coefficient (Wildman–Crippen LogP) is 5.16. The van der Waals surface area contributed by atoms with Crippen molar-refractivity contribution in [1.29, 1.82) is 0 Å². The van der Waals surface area contributed by atoms with Crippen LogP contribution in [0.2, 0.25) is 0 Å². The highest BCUT2D eigenvalue weighted by Gasteiger charge is 2.31. The molecule has 0 N–H and O–H groups in total. The second-order valence-corrected chi connectivity index (χ2v) is 8.41. The number of para-hydroxylation sites is 1. The SMILES string of the molecule is COc1ccc(C2CC(=O)N(CC(=O)c3ccccc3)c3ccccc3S2)cc1OC. The lowest BCUT2D eigenvalue weighted by atomic mass is 10.1. The van der Waals surface area contributed by atoms with Crippen LogP contribution in [0, 0.1) is 0 Å². The Morgan fingerprint density at radius 1 is 0.968 bits per heavy atom. The molecule has 1 amide bonds. The van der Waals surface area contributed by atoms with Crippen LogP contribution in [-0.2, 0) is 4.79 Å². The van der Waals surface area contributed by atoms with Crippen LogP contribution in [-0.4, -0.2) is 32.5 Å². The summed E-state index contributed by atoms with van der Waals surface area (Å²) in [6.45, 7) is 0.0130. The second-order valence-electron chi connectivity index (χ2n) is 7.16. The number of ether oxygens (including phenoxy) is 2. The van der Waals surface area contributed by atoms with Crippen LogP contribution in [0.15, 0.2) is 77.7 Å². The third-order valence-electron chi connectivity index (χ3n) is 5.26. The Hall–Kier alpha value is -3.25. The van der Waals surface area contributed by atoms with E-state index < -0.39 is 0 Å². The monoisotopic (exact) mass is 433 g/mol. The number of anilines is 1. The first-order valence-corrected chi connectivity index (χ1v) is 10.8. The molecule has 6 heteroatoms. The largest absolute Gasteiger partial charge is 0.493 e. The van der Waals surface area contributed by atoms with Crippen molar-refractivity contribution in [3.8, 4) is 11.5 Å². The van der Waals surface area contributed by atoms with E-state index in [0.29, 0.717) is 17.1 Å². The lowest BCUT2D eigenvalue weighted by Gasteiger charge is -2.22. The summed E-state index contributed by atoms with van der Waals surface area (Å²) in [5.41, 5.74) is 2.34. The third-order valence-corrected chi connectivity index (χ3v) is 6.59. The van der Waals surface area contributed by atoms with Crippen molar-refractivity contribution in [3.63, 3.8) is 0 Å². The molecule has 1 unspecified atom stereocenters. The van der Waals surface area contributed by atoms with Gasteiger partial charge in [-0.15, -0.1) is 11.8 Å². The summed E-state index contributed by atoms with van der Waals surface area (Å²) < 4.78 is 10.8. The Morgan fingerprint density at radius 3 is 2.42 bits per heavy atom. The number of carbonyl (C=O) groups excluding carboxylic acids is 2. The van der Waals surface area contributed by atoms with Crippen molar-refractivity contribution in [3.05, 3.63) is 83.9 Å². The van der Waals surface area contributed by atoms with Crippen LogP contribution in [0.3, 0.4) is 0 Å². The van der Waals surface area contributed by atoms with Gasteiger partial charge in [0.05, 0.1) is 26.5 Å². The Kier molecular flexibility index (Phi) is 6.28. The molecule has 0 saturated carbocycles. The average molecular weight is 434 g/mol. The lowest BCUT2D eigenvalue weighted by Crippen LogP contribution is -2.35. The molecule has 0 saturated heterocycles. The van der Waals surface area contributed by atoms with Crippen LogP contribution in [0.5, 0.6) is 11.5 Å². The molecule has 1 aliphatic rings. The Labute approximate surface area is 186 Å². The smallest absolute Gasteiger partial charge is 0.228 e. The summed E-state index contributed by atoms with van der Waals surface area (Å²) in [4.78, 5) is 28.7. The van der Waals surface area contributed by atoms with Gasteiger partial charge in [0.15, 0.2) is 17.3 Å². The molecule has 158 valence electrons. The van der Waals surface area contributed by atoms with E-state index in [4.69, 9.17) is 9.47 Å². The van der Waals surface area contributed by atoms with Gasteiger partial charge in [0.25, 0.3) is 0 Å². The molecule has 0 bridgehead atoms. The molecule has 31 heavy (non-hydrogen) atoms. The first-order valence-electron chi connectivity index (χ1n) is 9.97. The molecular formula is C25H23NO4S. The van der Waals surface area contributed by atoms with E-state index in [1.54, 1.807) is 43.0 Å².